The van der Waals surface area contributed by atoms with Crippen LogP contribution < -0.4 is 4.31 Å². The van der Waals surface area contributed by atoms with Crippen molar-refractivity contribution in [3.05, 3.63) is 60.7 Å². The molecule has 7 heteroatoms. The molecule has 2 aromatic carbocycles. The number of anilines is 1. The molecule has 25 heavy (non-hydrogen) atoms. The van der Waals surface area contributed by atoms with Gasteiger partial charge in [-0.05, 0) is 12.1 Å². The van der Waals surface area contributed by atoms with Crippen LogP contribution in [-0.2, 0) is 10.0 Å². The predicted octanol–water partition coefficient (Wildman–Crippen LogP) is 2.78. The van der Waals surface area contributed by atoms with E-state index in [0.717, 1.165) is 5.56 Å². The Labute approximate surface area is 145 Å². The molecule has 0 fully saturated rings. The number of nitrogens with zero attached hydrogens (tertiary/aromatic N) is 2. The summed E-state index contributed by atoms with van der Waals surface area (Å²) in [5.74, 6) is 0. The highest BCUT2D eigenvalue weighted by molar-refractivity contribution is 7.93. The molecule has 1 atom stereocenters. The molecule has 6 nitrogen and oxygen atoms in total. The minimum atomic E-state index is -3.78. The largest absolute Gasteiger partial charge is 0.465 e. The summed E-state index contributed by atoms with van der Waals surface area (Å²) in [6, 6.07) is 13.6. The second kappa shape index (κ2) is 5.63. The zero-order valence-corrected chi connectivity index (χ0v) is 14.1. The minimum absolute atomic E-state index is 0.0988. The van der Waals surface area contributed by atoms with Crippen molar-refractivity contribution in [2.75, 3.05) is 17.4 Å². The van der Waals surface area contributed by atoms with Crippen LogP contribution in [0.25, 0.3) is 11.1 Å². The van der Waals surface area contributed by atoms with Gasteiger partial charge in [0.15, 0.2) is 0 Å². The fraction of sp³-hybridized carbons (Fsp3) is 0.167. The third-order valence-corrected chi connectivity index (χ3v) is 6.42. The van der Waals surface area contributed by atoms with Crippen molar-refractivity contribution in [3.8, 4) is 11.1 Å². The van der Waals surface area contributed by atoms with Gasteiger partial charge < -0.3 is 10.0 Å². The third-order valence-electron chi connectivity index (χ3n) is 4.52. The monoisotopic (exact) mass is 356 g/mol. The van der Waals surface area contributed by atoms with Crippen molar-refractivity contribution in [3.63, 3.8) is 0 Å². The van der Waals surface area contributed by atoms with Gasteiger partial charge in [0.05, 0.1) is 16.6 Å². The Balaban J connectivity index is 1.90. The van der Waals surface area contributed by atoms with Gasteiger partial charge in [-0.15, -0.1) is 0 Å². The summed E-state index contributed by atoms with van der Waals surface area (Å²) in [6.45, 7) is 0.361. The molecule has 128 valence electrons. The van der Waals surface area contributed by atoms with Crippen molar-refractivity contribution in [2.24, 2.45) is 0 Å². The van der Waals surface area contributed by atoms with Crippen LogP contribution in [0, 0.1) is 0 Å². The van der Waals surface area contributed by atoms with E-state index >= 15 is 0 Å². The SMILES string of the molecule is O=C(O)N1CC=C[C@@H](N2c3ccccc3-c3ccccc3S2(=O)=O)C1. The van der Waals surface area contributed by atoms with Crippen LogP contribution in [0.2, 0.25) is 0 Å². The lowest BCUT2D eigenvalue weighted by atomic mass is 10.0. The Morgan fingerprint density at radius 3 is 2.48 bits per heavy atom. The van der Waals surface area contributed by atoms with E-state index in [-0.39, 0.29) is 18.0 Å². The molecule has 0 aliphatic carbocycles. The molecule has 0 unspecified atom stereocenters. The van der Waals surface area contributed by atoms with Crippen molar-refractivity contribution in [2.45, 2.75) is 10.9 Å². The first-order valence-corrected chi connectivity index (χ1v) is 9.31. The molecule has 2 heterocycles. The average Bonchev–Trinajstić information content (AvgIpc) is 2.62. The van der Waals surface area contributed by atoms with E-state index in [1.807, 2.05) is 18.2 Å². The standard InChI is InChI=1S/C18H16N2O4S/c21-18(22)19-11-5-6-13(12-19)20-16-9-3-1-7-14(16)15-8-2-4-10-17(15)25(20,23)24/h1-10,13H,11-12H2,(H,21,22)/t13-/m1/s1. The lowest BCUT2D eigenvalue weighted by molar-refractivity contribution is 0.147. The van der Waals surface area contributed by atoms with E-state index in [1.54, 1.807) is 42.5 Å². The van der Waals surface area contributed by atoms with Gasteiger partial charge in [0.2, 0.25) is 0 Å². The number of para-hydroxylation sites is 1. The Morgan fingerprint density at radius 1 is 1.04 bits per heavy atom. The topological polar surface area (TPSA) is 77.9 Å². The quantitative estimate of drug-likeness (QED) is 0.797. The van der Waals surface area contributed by atoms with Gasteiger partial charge in [0, 0.05) is 24.2 Å². The van der Waals surface area contributed by atoms with Gasteiger partial charge in [0.1, 0.15) is 0 Å². The number of carboxylic acid groups (broad SMARTS) is 1. The molecule has 0 bridgehead atoms. The normalized spacial score (nSPS) is 20.7. The number of hydrogen-bond acceptors (Lipinski definition) is 3. The van der Waals surface area contributed by atoms with Crippen LogP contribution in [-0.4, -0.2) is 43.6 Å². The number of fused-ring (bicyclic) bond motifs is 3. The van der Waals surface area contributed by atoms with Crippen molar-refractivity contribution in [1.29, 1.82) is 0 Å². The maximum absolute atomic E-state index is 13.3. The third kappa shape index (κ3) is 2.39. The number of amides is 1. The number of benzene rings is 2. The molecular weight excluding hydrogens is 340 g/mol. The van der Waals surface area contributed by atoms with E-state index in [2.05, 4.69) is 0 Å². The highest BCUT2D eigenvalue weighted by Crippen LogP contribution is 2.44. The molecule has 1 amide bonds. The van der Waals surface area contributed by atoms with Gasteiger partial charge in [-0.25, -0.2) is 13.2 Å². The first kappa shape index (κ1) is 15.7. The molecule has 2 aromatic rings. The predicted molar refractivity (Wildman–Crippen MR) is 94.1 cm³/mol. The first-order valence-electron chi connectivity index (χ1n) is 7.87. The first-order chi connectivity index (χ1) is 12.0. The summed E-state index contributed by atoms with van der Waals surface area (Å²) >= 11 is 0. The Bertz CT molecular complexity index is 984. The maximum Gasteiger partial charge on any atom is 0.407 e. The van der Waals surface area contributed by atoms with Gasteiger partial charge in [0.25, 0.3) is 10.0 Å². The average molecular weight is 356 g/mol. The lowest BCUT2D eigenvalue weighted by Crippen LogP contribution is -2.50. The number of hydrogen-bond donors (Lipinski definition) is 1. The van der Waals surface area contributed by atoms with E-state index < -0.39 is 22.2 Å². The molecular formula is C18H16N2O4S. The minimum Gasteiger partial charge on any atom is -0.465 e. The highest BCUT2D eigenvalue weighted by atomic mass is 32.2. The zero-order chi connectivity index (χ0) is 17.6. The summed E-state index contributed by atoms with van der Waals surface area (Å²) in [5, 5.41) is 9.26. The van der Waals surface area contributed by atoms with Crippen molar-refractivity contribution >= 4 is 21.8 Å². The summed E-state index contributed by atoms with van der Waals surface area (Å²) in [4.78, 5) is 12.8. The summed E-state index contributed by atoms with van der Waals surface area (Å²) < 4.78 is 27.9. The van der Waals surface area contributed by atoms with Gasteiger partial charge in [-0.1, -0.05) is 48.6 Å². The van der Waals surface area contributed by atoms with Gasteiger partial charge in [-0.3, -0.25) is 4.31 Å². The van der Waals surface area contributed by atoms with Crippen molar-refractivity contribution in [1.82, 2.24) is 4.90 Å². The summed E-state index contributed by atoms with van der Waals surface area (Å²) in [5.41, 5.74) is 2.07. The number of carbonyl (C=O) groups is 1. The van der Waals surface area contributed by atoms with E-state index in [1.165, 1.54) is 9.21 Å². The van der Waals surface area contributed by atoms with E-state index in [9.17, 15) is 18.3 Å². The van der Waals surface area contributed by atoms with Crippen molar-refractivity contribution < 1.29 is 18.3 Å². The molecule has 0 saturated heterocycles. The molecule has 2 aliphatic heterocycles. The van der Waals surface area contributed by atoms with E-state index in [4.69, 9.17) is 0 Å². The second-order valence-electron chi connectivity index (χ2n) is 6.00. The van der Waals surface area contributed by atoms with E-state index in [0.29, 0.717) is 11.3 Å². The molecule has 0 aromatic heterocycles. The molecule has 4 rings (SSSR count). The molecule has 0 radical (unpaired) electrons. The Morgan fingerprint density at radius 2 is 1.72 bits per heavy atom. The fourth-order valence-corrected chi connectivity index (χ4v) is 5.24. The molecule has 0 spiro atoms. The highest BCUT2D eigenvalue weighted by Gasteiger charge is 2.39. The van der Waals surface area contributed by atoms with Crippen LogP contribution in [0.1, 0.15) is 0 Å². The molecule has 0 saturated carbocycles. The number of rotatable bonds is 1. The van der Waals surface area contributed by atoms with Crippen LogP contribution >= 0.6 is 0 Å². The summed E-state index contributed by atoms with van der Waals surface area (Å²) in [6.07, 6.45) is 2.40. The Kier molecular flexibility index (Phi) is 3.54. The van der Waals surface area contributed by atoms with Crippen LogP contribution in [0.3, 0.4) is 0 Å². The second-order valence-corrected chi connectivity index (χ2v) is 7.78. The fourth-order valence-electron chi connectivity index (χ4n) is 3.41. The van der Waals surface area contributed by atoms with Crippen LogP contribution in [0.5, 0.6) is 0 Å². The summed E-state index contributed by atoms with van der Waals surface area (Å²) in [7, 11) is -3.78. The van der Waals surface area contributed by atoms with Gasteiger partial charge >= 0.3 is 6.09 Å². The number of sulfonamides is 1. The molecule has 1 N–H and O–H groups in total. The van der Waals surface area contributed by atoms with Gasteiger partial charge in [-0.2, -0.15) is 0 Å². The Hall–Kier alpha value is -2.80. The van der Waals surface area contributed by atoms with Crippen LogP contribution in [0.4, 0.5) is 10.5 Å². The smallest absolute Gasteiger partial charge is 0.407 e. The maximum atomic E-state index is 13.3. The molecule has 2 aliphatic rings. The zero-order valence-electron chi connectivity index (χ0n) is 13.2. The lowest BCUT2D eigenvalue weighted by Gasteiger charge is -2.39. The van der Waals surface area contributed by atoms with Crippen LogP contribution in [0.15, 0.2) is 65.6 Å².